The average molecular weight is 291 g/mol. The summed E-state index contributed by atoms with van der Waals surface area (Å²) in [6.45, 7) is 0. The molecule has 0 nitrogen and oxygen atoms in total. The van der Waals surface area contributed by atoms with E-state index in [-0.39, 0.29) is 0 Å². The summed E-state index contributed by atoms with van der Waals surface area (Å²) in [5.41, 5.74) is 1.60. The van der Waals surface area contributed by atoms with E-state index < -0.39 is 0 Å². The van der Waals surface area contributed by atoms with Crippen LogP contribution in [0.4, 0.5) is 0 Å². The van der Waals surface area contributed by atoms with E-state index in [1.54, 1.807) is 12.0 Å². The molecule has 0 spiro atoms. The van der Waals surface area contributed by atoms with Crippen LogP contribution in [0.1, 0.15) is 43.6 Å². The second-order valence-corrected chi connectivity index (χ2v) is 7.33. The highest BCUT2D eigenvalue weighted by molar-refractivity contribution is 9.10. The summed E-state index contributed by atoms with van der Waals surface area (Å²) < 4.78 is 1.34. The van der Waals surface area contributed by atoms with Gasteiger partial charge in [0.25, 0.3) is 0 Å². The molecule has 1 aromatic carbocycles. The first-order valence-corrected chi connectivity index (χ1v) is 7.85. The number of hydrogen-bond donors (Lipinski definition) is 0. The molecule has 0 amide bonds. The Morgan fingerprint density at radius 3 is 2.00 bits per heavy atom. The van der Waals surface area contributed by atoms with E-state index >= 15 is 0 Å². The third kappa shape index (κ3) is 1.62. The van der Waals surface area contributed by atoms with Crippen molar-refractivity contribution in [3.05, 3.63) is 34.3 Å². The number of halogens is 1. The Hall–Kier alpha value is -0.300. The first-order valence-electron chi connectivity index (χ1n) is 7.05. The molecule has 17 heavy (non-hydrogen) atoms. The van der Waals surface area contributed by atoms with Crippen LogP contribution < -0.4 is 0 Å². The second kappa shape index (κ2) is 3.85. The molecule has 0 N–H and O–H groups in total. The summed E-state index contributed by atoms with van der Waals surface area (Å²) in [6, 6.07) is 8.94. The van der Waals surface area contributed by atoms with Crippen molar-refractivity contribution in [2.45, 2.75) is 38.0 Å². The molecule has 0 unspecified atom stereocenters. The zero-order valence-electron chi connectivity index (χ0n) is 10.1. The maximum atomic E-state index is 3.77. The SMILES string of the molecule is Brc1ccccc1C1C2CC3CC(C2)CC1C3. The van der Waals surface area contributed by atoms with Gasteiger partial charge in [-0.25, -0.2) is 0 Å². The van der Waals surface area contributed by atoms with Crippen LogP contribution in [0.2, 0.25) is 0 Å². The number of hydrogen-bond acceptors (Lipinski definition) is 0. The van der Waals surface area contributed by atoms with Crippen molar-refractivity contribution in [3.63, 3.8) is 0 Å². The molecule has 0 radical (unpaired) electrons. The molecule has 0 saturated heterocycles. The summed E-state index contributed by atoms with van der Waals surface area (Å²) in [5, 5.41) is 0. The van der Waals surface area contributed by atoms with Gasteiger partial charge in [-0.2, -0.15) is 0 Å². The average Bonchev–Trinajstić information content (AvgIpc) is 2.30. The highest BCUT2D eigenvalue weighted by Gasteiger charge is 2.48. The van der Waals surface area contributed by atoms with Gasteiger partial charge in [0.1, 0.15) is 0 Å². The molecule has 4 aliphatic rings. The van der Waals surface area contributed by atoms with Crippen LogP contribution in [0.3, 0.4) is 0 Å². The third-order valence-electron chi connectivity index (χ3n) is 5.49. The van der Waals surface area contributed by atoms with Gasteiger partial charge in [0.05, 0.1) is 0 Å². The van der Waals surface area contributed by atoms with Crippen molar-refractivity contribution >= 4 is 15.9 Å². The van der Waals surface area contributed by atoms with Crippen molar-refractivity contribution in [2.75, 3.05) is 0 Å². The zero-order chi connectivity index (χ0) is 11.4. The quantitative estimate of drug-likeness (QED) is 0.684. The van der Waals surface area contributed by atoms with E-state index in [9.17, 15) is 0 Å². The van der Waals surface area contributed by atoms with Gasteiger partial charge in [-0.1, -0.05) is 34.1 Å². The molecule has 0 heterocycles. The Kier molecular flexibility index (Phi) is 2.40. The lowest BCUT2D eigenvalue weighted by Gasteiger charge is -2.54. The van der Waals surface area contributed by atoms with Gasteiger partial charge in [-0.05, 0) is 73.3 Å². The lowest BCUT2D eigenvalue weighted by Crippen LogP contribution is -2.43. The first-order chi connectivity index (χ1) is 8.31. The van der Waals surface area contributed by atoms with Crippen LogP contribution >= 0.6 is 15.9 Å². The van der Waals surface area contributed by atoms with E-state index in [0.717, 1.165) is 29.6 Å². The molecule has 4 aliphatic carbocycles. The van der Waals surface area contributed by atoms with Crippen molar-refractivity contribution in [2.24, 2.45) is 23.7 Å². The molecular formula is C16H19Br. The number of rotatable bonds is 1. The fraction of sp³-hybridized carbons (Fsp3) is 0.625. The maximum absolute atomic E-state index is 3.77. The monoisotopic (exact) mass is 290 g/mol. The highest BCUT2D eigenvalue weighted by atomic mass is 79.9. The predicted octanol–water partition coefficient (Wildman–Crippen LogP) is 4.99. The zero-order valence-corrected chi connectivity index (χ0v) is 11.7. The van der Waals surface area contributed by atoms with E-state index in [4.69, 9.17) is 0 Å². The summed E-state index contributed by atoms with van der Waals surface area (Å²) in [6.07, 6.45) is 7.60. The Bertz CT molecular complexity index is 409. The van der Waals surface area contributed by atoms with E-state index in [1.807, 2.05) is 0 Å². The maximum Gasteiger partial charge on any atom is 0.0210 e. The summed E-state index contributed by atoms with van der Waals surface area (Å²) in [5.74, 6) is 5.00. The number of benzene rings is 1. The van der Waals surface area contributed by atoms with Gasteiger partial charge < -0.3 is 0 Å². The Morgan fingerprint density at radius 1 is 0.824 bits per heavy atom. The van der Waals surface area contributed by atoms with Gasteiger partial charge in [-0.15, -0.1) is 0 Å². The van der Waals surface area contributed by atoms with Crippen LogP contribution in [0, 0.1) is 23.7 Å². The Balaban J connectivity index is 1.73. The van der Waals surface area contributed by atoms with E-state index in [1.165, 1.54) is 30.2 Å². The fourth-order valence-corrected chi connectivity index (χ4v) is 5.73. The van der Waals surface area contributed by atoms with Gasteiger partial charge in [0.2, 0.25) is 0 Å². The second-order valence-electron chi connectivity index (χ2n) is 6.48. The summed E-state index contributed by atoms with van der Waals surface area (Å²) in [4.78, 5) is 0. The van der Waals surface area contributed by atoms with E-state index in [2.05, 4.69) is 40.2 Å². The minimum Gasteiger partial charge on any atom is -0.0619 e. The molecule has 1 heteroatoms. The minimum atomic E-state index is 0.860. The van der Waals surface area contributed by atoms with Gasteiger partial charge in [-0.3, -0.25) is 0 Å². The molecule has 90 valence electrons. The molecule has 5 rings (SSSR count). The van der Waals surface area contributed by atoms with Crippen LogP contribution in [-0.2, 0) is 0 Å². The molecule has 4 bridgehead atoms. The molecular weight excluding hydrogens is 272 g/mol. The Morgan fingerprint density at radius 2 is 1.41 bits per heavy atom. The smallest absolute Gasteiger partial charge is 0.0210 e. The van der Waals surface area contributed by atoms with Gasteiger partial charge in [0.15, 0.2) is 0 Å². The fourth-order valence-electron chi connectivity index (χ4n) is 5.18. The first kappa shape index (κ1) is 10.6. The molecule has 0 aromatic heterocycles. The van der Waals surface area contributed by atoms with Gasteiger partial charge >= 0.3 is 0 Å². The third-order valence-corrected chi connectivity index (χ3v) is 6.21. The lowest BCUT2D eigenvalue weighted by atomic mass is 9.51. The molecule has 4 fully saturated rings. The molecule has 4 saturated carbocycles. The predicted molar refractivity (Wildman–Crippen MR) is 73.9 cm³/mol. The van der Waals surface area contributed by atoms with Crippen LogP contribution in [0.25, 0.3) is 0 Å². The largest absolute Gasteiger partial charge is 0.0619 e. The Labute approximate surface area is 112 Å². The lowest BCUT2D eigenvalue weighted by molar-refractivity contribution is -0.00300. The normalized spacial score (nSPS) is 43.0. The van der Waals surface area contributed by atoms with E-state index in [0.29, 0.717) is 0 Å². The van der Waals surface area contributed by atoms with Crippen LogP contribution in [0.5, 0.6) is 0 Å². The summed E-state index contributed by atoms with van der Waals surface area (Å²) >= 11 is 3.77. The van der Waals surface area contributed by atoms with Gasteiger partial charge in [0, 0.05) is 4.47 Å². The van der Waals surface area contributed by atoms with Crippen LogP contribution in [0.15, 0.2) is 28.7 Å². The summed E-state index contributed by atoms with van der Waals surface area (Å²) in [7, 11) is 0. The molecule has 0 aliphatic heterocycles. The minimum absolute atomic E-state index is 0.860. The van der Waals surface area contributed by atoms with Crippen molar-refractivity contribution in [1.82, 2.24) is 0 Å². The molecule has 1 aromatic rings. The van der Waals surface area contributed by atoms with Crippen molar-refractivity contribution < 1.29 is 0 Å². The van der Waals surface area contributed by atoms with Crippen LogP contribution in [-0.4, -0.2) is 0 Å². The van der Waals surface area contributed by atoms with Crippen molar-refractivity contribution in [3.8, 4) is 0 Å². The highest BCUT2D eigenvalue weighted by Crippen LogP contribution is 2.60. The topological polar surface area (TPSA) is 0 Å². The standard InChI is InChI=1S/C16H19Br/c17-15-4-2-1-3-14(15)16-12-6-10-5-11(8-12)9-13(16)7-10/h1-4,10-13,16H,5-9H2. The van der Waals surface area contributed by atoms with Crippen molar-refractivity contribution in [1.29, 1.82) is 0 Å². The molecule has 0 atom stereocenters.